The molecule has 11 nitrogen and oxygen atoms in total. The Morgan fingerprint density at radius 1 is 0.978 bits per heavy atom. The second-order valence-electron chi connectivity index (χ2n) is 16.2. The summed E-state index contributed by atoms with van der Waals surface area (Å²) in [5.74, 6) is -5.36. The number of fused-ring (bicyclic) bond motifs is 5. The summed E-state index contributed by atoms with van der Waals surface area (Å²) < 4.78 is 12.7. The molecule has 4 saturated carbocycles. The van der Waals surface area contributed by atoms with Crippen LogP contribution in [0.1, 0.15) is 76.1 Å². The summed E-state index contributed by atoms with van der Waals surface area (Å²) in [6, 6.07) is 3.51. The smallest absolute Gasteiger partial charge is 0.338 e. The normalized spacial score (nSPS) is 54.8. The van der Waals surface area contributed by atoms with E-state index in [-0.39, 0.29) is 23.3 Å². The fourth-order valence-corrected chi connectivity index (χ4v) is 12.4. The Morgan fingerprint density at radius 3 is 2.44 bits per heavy atom. The molecule has 11 heteroatoms. The van der Waals surface area contributed by atoms with E-state index in [1.165, 1.54) is 12.1 Å². The number of aromatic hydroxyl groups is 2. The second kappa shape index (κ2) is 9.33. The minimum atomic E-state index is -1.84. The Labute approximate surface area is 262 Å². The highest BCUT2D eigenvalue weighted by Gasteiger charge is 2.85. The molecular weight excluding hydrogens is 582 g/mol. The van der Waals surface area contributed by atoms with Crippen molar-refractivity contribution in [2.45, 2.75) is 113 Å². The van der Waals surface area contributed by atoms with Crippen molar-refractivity contribution in [1.82, 2.24) is 4.90 Å². The number of carbonyl (C=O) groups is 1. The third kappa shape index (κ3) is 3.58. The Kier molecular flexibility index (Phi) is 6.29. The van der Waals surface area contributed by atoms with Gasteiger partial charge in [0.25, 0.3) is 0 Å². The van der Waals surface area contributed by atoms with E-state index in [9.17, 15) is 40.5 Å². The van der Waals surface area contributed by atoms with E-state index < -0.39 is 81.7 Å². The molecule has 0 amide bonds. The zero-order valence-electron chi connectivity index (χ0n) is 26.2. The molecule has 248 valence electrons. The van der Waals surface area contributed by atoms with E-state index in [0.29, 0.717) is 44.6 Å². The topological polar surface area (TPSA) is 180 Å². The second-order valence-corrected chi connectivity index (χ2v) is 16.2. The van der Waals surface area contributed by atoms with Gasteiger partial charge in [0.1, 0.15) is 11.7 Å². The van der Waals surface area contributed by atoms with Crippen LogP contribution in [0.5, 0.6) is 11.5 Å². The number of aliphatic hydroxyl groups is 5. The molecular formula is C34H47NO10. The quantitative estimate of drug-likeness (QED) is 0.186. The van der Waals surface area contributed by atoms with Gasteiger partial charge in [0, 0.05) is 42.3 Å². The summed E-state index contributed by atoms with van der Waals surface area (Å²) >= 11 is 0. The fourth-order valence-electron chi connectivity index (χ4n) is 12.4. The lowest BCUT2D eigenvalue weighted by Crippen LogP contribution is -2.76. The third-order valence-corrected chi connectivity index (χ3v) is 14.3. The van der Waals surface area contributed by atoms with E-state index in [1.807, 2.05) is 0 Å². The van der Waals surface area contributed by atoms with Crippen LogP contribution in [0, 0.1) is 40.9 Å². The van der Waals surface area contributed by atoms with Gasteiger partial charge in [-0.1, -0.05) is 13.8 Å². The number of rotatable bonds is 2. The first-order valence-electron chi connectivity index (χ1n) is 16.8. The maximum absolute atomic E-state index is 13.2. The van der Waals surface area contributed by atoms with E-state index in [0.717, 1.165) is 25.5 Å². The van der Waals surface area contributed by atoms with Crippen LogP contribution in [0.3, 0.4) is 0 Å². The van der Waals surface area contributed by atoms with E-state index in [2.05, 4.69) is 18.7 Å². The fraction of sp³-hybridized carbons (Fsp3) is 0.794. The highest BCUT2D eigenvalue weighted by atomic mass is 16.7. The average molecular weight is 630 g/mol. The molecule has 7 N–H and O–H groups in total. The summed E-state index contributed by atoms with van der Waals surface area (Å²) in [6.07, 6.45) is 0.111. The average Bonchev–Trinajstić information content (AvgIpc) is 3.22. The van der Waals surface area contributed by atoms with Crippen molar-refractivity contribution in [1.29, 1.82) is 0 Å². The van der Waals surface area contributed by atoms with Gasteiger partial charge in [0.2, 0.25) is 5.79 Å². The molecule has 1 aromatic carbocycles. The Morgan fingerprint density at radius 2 is 1.71 bits per heavy atom. The van der Waals surface area contributed by atoms with Crippen molar-refractivity contribution >= 4 is 5.97 Å². The first-order chi connectivity index (χ1) is 21.1. The zero-order valence-corrected chi connectivity index (χ0v) is 26.2. The summed E-state index contributed by atoms with van der Waals surface area (Å²) in [6.45, 7) is 7.49. The van der Waals surface area contributed by atoms with Crippen molar-refractivity contribution in [3.05, 3.63) is 23.8 Å². The molecule has 1 aromatic rings. The maximum atomic E-state index is 13.2. The minimum absolute atomic E-state index is 0.0262. The first-order valence-corrected chi connectivity index (χ1v) is 16.8. The standard InChI is InChI=1S/C34H47NO10/c1-16-4-9-24-31(3,41)26-18(15-35(24)14-16)19-13-32-23(33(19,42)28(39)27(26)38)8-7-22-30(32,2)11-10-25(34(22,43)45-32)44-29(40)17-5-6-20(36)21(37)12-17/h5-6,12,16,18-19,22-28,36-39,41-43H,4,7-11,13-15H2,1-3H3/t16-,18?,19-,22?,23?,24-,25-,26+,27+,28-,30-,31+,32?,33-,34+/m0/s1. The molecule has 3 heterocycles. The number of hydrogen-bond donors (Lipinski definition) is 7. The SMILES string of the molecule is C[C@H]1CC[C@@H]2N(CC3[C@H]([C@@H](O)[C@H](O)[C@@]4(O)C5CCC6[C@]7(C)CC[C@H](OC(=O)c8ccc(O)c(O)c8)[C@]6(O)OC57C[C@@H]34)[C@]2(C)O)C1. The summed E-state index contributed by atoms with van der Waals surface area (Å²) in [4.78, 5) is 15.5. The van der Waals surface area contributed by atoms with E-state index in [1.54, 1.807) is 6.92 Å². The maximum Gasteiger partial charge on any atom is 0.338 e. The van der Waals surface area contributed by atoms with Crippen LogP contribution < -0.4 is 0 Å². The van der Waals surface area contributed by atoms with Crippen molar-refractivity contribution in [2.24, 2.45) is 40.9 Å². The molecule has 4 unspecified atom stereocenters. The molecule has 0 aromatic heterocycles. The molecule has 4 aliphatic carbocycles. The monoisotopic (exact) mass is 629 g/mol. The van der Waals surface area contributed by atoms with Gasteiger partial charge in [-0.3, -0.25) is 4.90 Å². The van der Waals surface area contributed by atoms with Crippen LogP contribution in [0.25, 0.3) is 0 Å². The van der Waals surface area contributed by atoms with Gasteiger partial charge in [0.15, 0.2) is 17.6 Å². The van der Waals surface area contributed by atoms with Crippen LogP contribution >= 0.6 is 0 Å². The van der Waals surface area contributed by atoms with Crippen molar-refractivity contribution in [3.63, 3.8) is 0 Å². The van der Waals surface area contributed by atoms with Gasteiger partial charge in [-0.05, 0) is 87.8 Å². The van der Waals surface area contributed by atoms with Gasteiger partial charge in [-0.15, -0.1) is 0 Å². The highest BCUT2D eigenvalue weighted by molar-refractivity contribution is 5.90. The van der Waals surface area contributed by atoms with Crippen molar-refractivity contribution < 1.29 is 50.0 Å². The summed E-state index contributed by atoms with van der Waals surface area (Å²) in [5, 5.41) is 80.4. The number of nitrogens with zero attached hydrogens (tertiary/aromatic N) is 1. The number of esters is 1. The van der Waals surface area contributed by atoms with Gasteiger partial charge in [-0.25, -0.2) is 4.79 Å². The molecule has 15 atom stereocenters. The van der Waals surface area contributed by atoms with Crippen LogP contribution in [0.2, 0.25) is 0 Å². The largest absolute Gasteiger partial charge is 0.504 e. The van der Waals surface area contributed by atoms with Gasteiger partial charge >= 0.3 is 5.97 Å². The molecule has 7 fully saturated rings. The molecule has 8 rings (SSSR count). The Bertz CT molecular complexity index is 1420. The molecule has 1 spiro atoms. The number of hydrogen-bond acceptors (Lipinski definition) is 11. The Hall–Kier alpha value is -1.99. The van der Waals surface area contributed by atoms with Crippen LogP contribution in [0.15, 0.2) is 18.2 Å². The van der Waals surface area contributed by atoms with Gasteiger partial charge < -0.3 is 45.2 Å². The van der Waals surface area contributed by atoms with Crippen LogP contribution in [-0.2, 0) is 9.47 Å². The lowest BCUT2D eigenvalue weighted by Gasteiger charge is -2.63. The number of ether oxygens (including phenoxy) is 2. The third-order valence-electron chi connectivity index (χ3n) is 14.3. The minimum Gasteiger partial charge on any atom is -0.504 e. The van der Waals surface area contributed by atoms with Crippen LogP contribution in [-0.4, -0.2) is 107 Å². The number of carbonyl (C=O) groups excluding carboxylic acids is 1. The van der Waals surface area contributed by atoms with Crippen molar-refractivity contribution in [3.8, 4) is 11.5 Å². The van der Waals surface area contributed by atoms with Gasteiger partial charge in [-0.2, -0.15) is 0 Å². The number of piperidine rings is 2. The lowest BCUT2D eigenvalue weighted by atomic mass is 9.49. The number of phenols is 2. The first kappa shape index (κ1) is 30.4. The van der Waals surface area contributed by atoms with Gasteiger partial charge in [0.05, 0.1) is 22.9 Å². The number of aliphatic hydroxyl groups excluding tert-OH is 2. The number of benzene rings is 1. The van der Waals surface area contributed by atoms with E-state index in [4.69, 9.17) is 9.47 Å². The molecule has 0 radical (unpaired) electrons. The molecule has 3 saturated heterocycles. The van der Waals surface area contributed by atoms with Crippen molar-refractivity contribution in [2.75, 3.05) is 13.1 Å². The molecule has 3 aliphatic heterocycles. The van der Waals surface area contributed by atoms with Crippen LogP contribution in [0.4, 0.5) is 0 Å². The molecule has 7 aliphatic rings. The Balaban J connectivity index is 1.15. The van der Waals surface area contributed by atoms with E-state index >= 15 is 0 Å². The number of phenolic OH excluding ortho intramolecular Hbond substituents is 2. The molecule has 45 heavy (non-hydrogen) atoms. The summed E-state index contributed by atoms with van der Waals surface area (Å²) in [5.41, 5.74) is -4.58. The molecule has 4 bridgehead atoms. The zero-order chi connectivity index (χ0) is 32.1. The predicted octanol–water partition coefficient (Wildman–Crippen LogP) is 1.49. The lowest BCUT2D eigenvalue weighted by molar-refractivity contribution is -0.290. The summed E-state index contributed by atoms with van der Waals surface area (Å²) in [7, 11) is 0. The predicted molar refractivity (Wildman–Crippen MR) is 158 cm³/mol. The highest BCUT2D eigenvalue weighted by Crippen LogP contribution is 2.77.